The van der Waals surface area contributed by atoms with Crippen LogP contribution in [0.2, 0.25) is 0 Å². The number of sulfonamides is 1. The average Bonchev–Trinajstić information content (AvgIpc) is 3.22. The minimum absolute atomic E-state index is 0.0936. The number of rotatable bonds is 8. The third-order valence-corrected chi connectivity index (χ3v) is 9.22. The van der Waals surface area contributed by atoms with Gasteiger partial charge in [-0.25, -0.2) is 17.9 Å². The molecule has 7 nitrogen and oxygen atoms in total. The van der Waals surface area contributed by atoms with Gasteiger partial charge in [0.2, 0.25) is 15.9 Å². The number of nitrogens with zero attached hydrogens (tertiary/aromatic N) is 2. The van der Waals surface area contributed by atoms with Crippen LogP contribution in [-0.2, 0) is 14.8 Å². The summed E-state index contributed by atoms with van der Waals surface area (Å²) < 4.78 is 30.3. The summed E-state index contributed by atoms with van der Waals surface area (Å²) in [7, 11) is -2.37. The van der Waals surface area contributed by atoms with Gasteiger partial charge in [0.1, 0.15) is 0 Å². The molecule has 0 bridgehead atoms. The summed E-state index contributed by atoms with van der Waals surface area (Å²) >= 11 is 0. The van der Waals surface area contributed by atoms with Crippen LogP contribution in [0.4, 0.5) is 4.79 Å². The Kier molecular flexibility index (Phi) is 8.06. The molecule has 8 heteroatoms. The summed E-state index contributed by atoms with van der Waals surface area (Å²) in [5.74, 6) is -1.51. The monoisotopic (exact) mass is 567 g/mol. The second kappa shape index (κ2) is 11.7. The molecular formula is C33H33N3O4S. The molecule has 0 saturated carbocycles. The van der Waals surface area contributed by atoms with Gasteiger partial charge in [-0.1, -0.05) is 109 Å². The molecule has 1 aliphatic heterocycles. The molecule has 1 fully saturated rings. The van der Waals surface area contributed by atoms with Crippen molar-refractivity contribution < 1.29 is 18.0 Å². The van der Waals surface area contributed by atoms with Crippen LogP contribution in [0.15, 0.2) is 120 Å². The van der Waals surface area contributed by atoms with E-state index in [0.717, 1.165) is 11.1 Å². The molecule has 1 aliphatic rings. The zero-order chi connectivity index (χ0) is 29.1. The zero-order valence-electron chi connectivity index (χ0n) is 23.2. The molecule has 0 radical (unpaired) electrons. The van der Waals surface area contributed by atoms with E-state index in [1.807, 2.05) is 56.3 Å². The zero-order valence-corrected chi connectivity index (χ0v) is 24.0. The molecule has 3 amide bonds. The highest BCUT2D eigenvalue weighted by Crippen LogP contribution is 2.41. The van der Waals surface area contributed by atoms with E-state index in [1.165, 1.54) is 4.90 Å². The van der Waals surface area contributed by atoms with Gasteiger partial charge in [-0.2, -0.15) is 0 Å². The standard InChI is InChI=1S/C33H33N3O4S/c1-23-19-21-28(22-20-23)41(39,40)34-30(26-15-9-5-10-16-26)29(25-13-7-4-8-14-25)32(37)36-31(24(2)35(3)33(36)38)27-17-11-6-12-18-27/h4-22,24,29-31,34H,1-3H3/t24-,29+,30-,31-/m0/s1. The van der Waals surface area contributed by atoms with Crippen LogP contribution in [-0.4, -0.2) is 43.2 Å². The summed E-state index contributed by atoms with van der Waals surface area (Å²) in [4.78, 5) is 31.4. The van der Waals surface area contributed by atoms with E-state index in [4.69, 9.17) is 0 Å². The fourth-order valence-electron chi connectivity index (χ4n) is 5.43. The lowest BCUT2D eigenvalue weighted by Crippen LogP contribution is -2.44. The Morgan fingerprint density at radius 3 is 1.85 bits per heavy atom. The first-order chi connectivity index (χ1) is 19.7. The Morgan fingerprint density at radius 2 is 1.29 bits per heavy atom. The van der Waals surface area contributed by atoms with Crippen LogP contribution in [0.5, 0.6) is 0 Å². The molecule has 0 spiro atoms. The summed E-state index contributed by atoms with van der Waals surface area (Å²) in [6.45, 7) is 3.80. The van der Waals surface area contributed by atoms with E-state index in [-0.39, 0.29) is 10.9 Å². The minimum atomic E-state index is -4.05. The largest absolute Gasteiger partial charge is 0.327 e. The van der Waals surface area contributed by atoms with Crippen LogP contribution < -0.4 is 4.72 Å². The SMILES string of the molecule is Cc1ccc(S(=O)(=O)N[C@@H](c2ccccc2)[C@H](C(=O)N2C(=O)N(C)[C@@H](C)[C@H]2c2ccccc2)c2ccccc2)cc1. The lowest BCUT2D eigenvalue weighted by Gasteiger charge is -2.33. The van der Waals surface area contributed by atoms with E-state index in [2.05, 4.69) is 4.72 Å². The second-order valence-electron chi connectivity index (χ2n) is 10.4. The molecule has 0 aliphatic carbocycles. The van der Waals surface area contributed by atoms with Gasteiger partial charge in [-0.3, -0.25) is 9.69 Å². The summed E-state index contributed by atoms with van der Waals surface area (Å²) in [6.07, 6.45) is 0. The molecule has 5 rings (SSSR count). The van der Waals surface area contributed by atoms with Crippen molar-refractivity contribution in [2.24, 2.45) is 0 Å². The Labute approximate surface area is 241 Å². The number of hydrogen-bond acceptors (Lipinski definition) is 4. The van der Waals surface area contributed by atoms with Crippen molar-refractivity contribution in [3.05, 3.63) is 138 Å². The lowest BCUT2D eigenvalue weighted by atomic mass is 9.85. The highest BCUT2D eigenvalue weighted by atomic mass is 32.2. The van der Waals surface area contributed by atoms with Crippen molar-refractivity contribution in [1.29, 1.82) is 0 Å². The van der Waals surface area contributed by atoms with Gasteiger partial charge in [0.25, 0.3) is 0 Å². The molecule has 4 aromatic carbocycles. The molecule has 1 heterocycles. The summed E-state index contributed by atoms with van der Waals surface area (Å²) in [6, 6.07) is 31.8. The van der Waals surface area contributed by atoms with Crippen LogP contribution in [0.25, 0.3) is 0 Å². The molecule has 4 aromatic rings. The first kappa shape index (κ1) is 28.3. The highest BCUT2D eigenvalue weighted by molar-refractivity contribution is 7.89. The number of nitrogens with one attached hydrogen (secondary N) is 1. The first-order valence-corrected chi connectivity index (χ1v) is 15.0. The maximum Gasteiger partial charge on any atom is 0.327 e. The quantitative estimate of drug-likeness (QED) is 0.291. The predicted molar refractivity (Wildman–Crippen MR) is 159 cm³/mol. The van der Waals surface area contributed by atoms with Crippen LogP contribution in [0.3, 0.4) is 0 Å². The first-order valence-electron chi connectivity index (χ1n) is 13.5. The van der Waals surface area contributed by atoms with Crippen LogP contribution >= 0.6 is 0 Å². The van der Waals surface area contributed by atoms with Crippen molar-refractivity contribution in [3.63, 3.8) is 0 Å². The van der Waals surface area contributed by atoms with Crippen LogP contribution in [0.1, 0.15) is 47.2 Å². The summed E-state index contributed by atoms with van der Waals surface area (Å²) in [5.41, 5.74) is 2.96. The molecule has 4 atom stereocenters. The van der Waals surface area contributed by atoms with Gasteiger partial charge in [0.15, 0.2) is 0 Å². The third kappa shape index (κ3) is 5.66. The molecule has 210 valence electrons. The van der Waals surface area contributed by atoms with Crippen molar-refractivity contribution >= 4 is 22.0 Å². The fourth-order valence-corrected chi connectivity index (χ4v) is 6.67. The Hall–Kier alpha value is -4.27. The number of benzene rings is 4. The Balaban J connectivity index is 1.65. The Morgan fingerprint density at radius 1 is 0.780 bits per heavy atom. The van der Waals surface area contributed by atoms with Gasteiger partial charge >= 0.3 is 6.03 Å². The van der Waals surface area contributed by atoms with E-state index in [9.17, 15) is 18.0 Å². The number of urea groups is 1. The Bertz CT molecular complexity index is 1610. The van der Waals surface area contributed by atoms with Crippen molar-refractivity contribution in [2.75, 3.05) is 7.05 Å². The van der Waals surface area contributed by atoms with Gasteiger partial charge in [-0.05, 0) is 42.7 Å². The maximum absolute atomic E-state index is 14.8. The fraction of sp³-hybridized carbons (Fsp3) is 0.212. The number of likely N-dealkylation sites (N-methyl/N-ethyl adjacent to an activating group) is 1. The van der Waals surface area contributed by atoms with E-state index < -0.39 is 40.0 Å². The molecule has 0 aromatic heterocycles. The molecule has 1 saturated heterocycles. The molecular weight excluding hydrogens is 534 g/mol. The van der Waals surface area contributed by atoms with Crippen molar-refractivity contribution in [2.45, 2.75) is 42.8 Å². The number of carbonyl (C=O) groups excluding carboxylic acids is 2. The van der Waals surface area contributed by atoms with Gasteiger partial charge in [-0.15, -0.1) is 0 Å². The van der Waals surface area contributed by atoms with E-state index in [0.29, 0.717) is 11.1 Å². The second-order valence-corrected chi connectivity index (χ2v) is 12.1. The predicted octanol–water partition coefficient (Wildman–Crippen LogP) is 5.82. The lowest BCUT2D eigenvalue weighted by molar-refractivity contribution is -0.131. The number of hydrogen-bond donors (Lipinski definition) is 1. The highest BCUT2D eigenvalue weighted by Gasteiger charge is 2.49. The number of imide groups is 1. The number of carbonyl (C=O) groups is 2. The molecule has 41 heavy (non-hydrogen) atoms. The van der Waals surface area contributed by atoms with Gasteiger partial charge in [0, 0.05) is 7.05 Å². The van der Waals surface area contributed by atoms with Gasteiger partial charge < -0.3 is 4.90 Å². The number of amides is 3. The summed E-state index contributed by atoms with van der Waals surface area (Å²) in [5, 5.41) is 0. The smallest absolute Gasteiger partial charge is 0.322 e. The van der Waals surface area contributed by atoms with Crippen molar-refractivity contribution in [1.82, 2.24) is 14.5 Å². The van der Waals surface area contributed by atoms with E-state index >= 15 is 0 Å². The van der Waals surface area contributed by atoms with E-state index in [1.54, 1.807) is 84.7 Å². The topological polar surface area (TPSA) is 86.8 Å². The minimum Gasteiger partial charge on any atom is -0.322 e. The van der Waals surface area contributed by atoms with Crippen LogP contribution in [0, 0.1) is 6.92 Å². The number of aryl methyl sites for hydroxylation is 1. The third-order valence-electron chi connectivity index (χ3n) is 7.76. The molecule has 0 unspecified atom stereocenters. The van der Waals surface area contributed by atoms with Gasteiger partial charge in [0.05, 0.1) is 28.9 Å². The normalized spacial score (nSPS) is 18.8. The van der Waals surface area contributed by atoms with Crippen molar-refractivity contribution in [3.8, 4) is 0 Å². The molecule has 1 N–H and O–H groups in total. The maximum atomic E-state index is 14.8. The average molecular weight is 568 g/mol.